The van der Waals surface area contributed by atoms with Gasteiger partial charge < -0.3 is 4.90 Å². The van der Waals surface area contributed by atoms with E-state index in [1.54, 1.807) is 12.4 Å². The summed E-state index contributed by atoms with van der Waals surface area (Å²) in [6.45, 7) is 0.818. The first-order valence-electron chi connectivity index (χ1n) is 5.08. The SMILES string of the molecule is O=C(CCl)N1CCCC1c1ccncc1. The number of halogens is 1. The van der Waals surface area contributed by atoms with E-state index in [-0.39, 0.29) is 17.8 Å². The third-order valence-corrected chi connectivity index (χ3v) is 3.01. The number of nitrogens with zero attached hydrogens (tertiary/aromatic N) is 2. The van der Waals surface area contributed by atoms with Crippen LogP contribution in [0.15, 0.2) is 24.5 Å². The standard InChI is InChI=1S/C11H13ClN2O/c12-8-11(15)14-7-1-2-10(14)9-3-5-13-6-4-9/h3-6,10H,1-2,7-8H2. The largest absolute Gasteiger partial charge is 0.335 e. The molecule has 1 fully saturated rings. The first-order chi connectivity index (χ1) is 7.33. The zero-order chi connectivity index (χ0) is 10.7. The van der Waals surface area contributed by atoms with E-state index in [2.05, 4.69) is 4.98 Å². The third kappa shape index (κ3) is 2.12. The van der Waals surface area contributed by atoms with Crippen molar-refractivity contribution in [1.29, 1.82) is 0 Å². The number of alkyl halides is 1. The lowest BCUT2D eigenvalue weighted by Crippen LogP contribution is -2.31. The van der Waals surface area contributed by atoms with Crippen LogP contribution in [0, 0.1) is 0 Å². The Morgan fingerprint density at radius 1 is 1.53 bits per heavy atom. The van der Waals surface area contributed by atoms with Crippen molar-refractivity contribution >= 4 is 17.5 Å². The van der Waals surface area contributed by atoms with Crippen LogP contribution < -0.4 is 0 Å². The fourth-order valence-corrected chi connectivity index (χ4v) is 2.23. The zero-order valence-electron chi connectivity index (χ0n) is 8.40. The van der Waals surface area contributed by atoms with Crippen LogP contribution in [0.5, 0.6) is 0 Å². The molecule has 1 aromatic heterocycles. The molecule has 0 spiro atoms. The molecule has 1 aromatic rings. The van der Waals surface area contributed by atoms with Crippen LogP contribution in [-0.2, 0) is 4.79 Å². The average Bonchev–Trinajstić information content (AvgIpc) is 2.78. The summed E-state index contributed by atoms with van der Waals surface area (Å²) >= 11 is 5.58. The van der Waals surface area contributed by atoms with Crippen molar-refractivity contribution in [2.24, 2.45) is 0 Å². The molecule has 1 atom stereocenters. The average molecular weight is 225 g/mol. The van der Waals surface area contributed by atoms with E-state index in [0.717, 1.165) is 24.9 Å². The second-order valence-electron chi connectivity index (χ2n) is 3.66. The number of carbonyl (C=O) groups is 1. The smallest absolute Gasteiger partial charge is 0.238 e. The minimum atomic E-state index is 0.0241. The van der Waals surface area contributed by atoms with Gasteiger partial charge in [0.05, 0.1) is 6.04 Å². The fraction of sp³-hybridized carbons (Fsp3) is 0.455. The molecule has 1 saturated heterocycles. The molecule has 2 rings (SSSR count). The Hall–Kier alpha value is -1.09. The number of hydrogen-bond acceptors (Lipinski definition) is 2. The Balaban J connectivity index is 2.18. The van der Waals surface area contributed by atoms with E-state index in [0.29, 0.717) is 0 Å². The molecule has 4 heteroatoms. The Bertz CT molecular complexity index is 342. The van der Waals surface area contributed by atoms with Crippen LogP contribution in [0.2, 0.25) is 0 Å². The number of likely N-dealkylation sites (tertiary alicyclic amines) is 1. The van der Waals surface area contributed by atoms with E-state index >= 15 is 0 Å². The maximum atomic E-state index is 11.6. The van der Waals surface area contributed by atoms with Gasteiger partial charge >= 0.3 is 0 Å². The number of aromatic nitrogens is 1. The summed E-state index contributed by atoms with van der Waals surface area (Å²) in [5.41, 5.74) is 1.15. The Labute approximate surface area is 94.1 Å². The lowest BCUT2D eigenvalue weighted by atomic mass is 10.1. The number of amides is 1. The number of pyridine rings is 1. The molecule has 1 aliphatic heterocycles. The van der Waals surface area contributed by atoms with Crippen molar-refractivity contribution in [3.05, 3.63) is 30.1 Å². The second-order valence-corrected chi connectivity index (χ2v) is 3.93. The van der Waals surface area contributed by atoms with E-state index < -0.39 is 0 Å². The minimum Gasteiger partial charge on any atom is -0.335 e. The van der Waals surface area contributed by atoms with Gasteiger partial charge in [0.25, 0.3) is 0 Å². The highest BCUT2D eigenvalue weighted by molar-refractivity contribution is 6.27. The summed E-state index contributed by atoms with van der Waals surface area (Å²) in [5.74, 6) is 0.0951. The summed E-state index contributed by atoms with van der Waals surface area (Å²) < 4.78 is 0. The van der Waals surface area contributed by atoms with Gasteiger partial charge in [-0.05, 0) is 30.5 Å². The normalized spacial score (nSPS) is 20.6. The van der Waals surface area contributed by atoms with Gasteiger partial charge in [-0.2, -0.15) is 0 Å². The molecule has 0 radical (unpaired) electrons. The van der Waals surface area contributed by atoms with E-state index in [9.17, 15) is 4.79 Å². The fourth-order valence-electron chi connectivity index (χ4n) is 2.07. The molecule has 2 heterocycles. The predicted molar refractivity (Wildman–Crippen MR) is 58.6 cm³/mol. The van der Waals surface area contributed by atoms with E-state index in [1.165, 1.54) is 0 Å². The molecule has 1 unspecified atom stereocenters. The zero-order valence-corrected chi connectivity index (χ0v) is 9.15. The molecule has 80 valence electrons. The highest BCUT2D eigenvalue weighted by Crippen LogP contribution is 2.31. The summed E-state index contributed by atoms with van der Waals surface area (Å²) in [7, 11) is 0. The van der Waals surface area contributed by atoms with Crippen LogP contribution in [0.25, 0.3) is 0 Å². The predicted octanol–water partition coefficient (Wildman–Crippen LogP) is 1.98. The summed E-state index contributed by atoms with van der Waals surface area (Å²) in [6, 6.07) is 4.12. The number of hydrogen-bond donors (Lipinski definition) is 0. The second kappa shape index (κ2) is 4.62. The Morgan fingerprint density at radius 3 is 2.93 bits per heavy atom. The lowest BCUT2D eigenvalue weighted by molar-refractivity contribution is -0.129. The quantitative estimate of drug-likeness (QED) is 0.720. The summed E-state index contributed by atoms with van der Waals surface area (Å²) in [6.07, 6.45) is 5.59. The molecule has 15 heavy (non-hydrogen) atoms. The maximum absolute atomic E-state index is 11.6. The summed E-state index contributed by atoms with van der Waals surface area (Å²) in [4.78, 5) is 17.4. The maximum Gasteiger partial charge on any atom is 0.238 e. The molecule has 0 bridgehead atoms. The molecule has 1 aliphatic rings. The molecule has 0 N–H and O–H groups in total. The van der Waals surface area contributed by atoms with Gasteiger partial charge in [0.2, 0.25) is 5.91 Å². The van der Waals surface area contributed by atoms with Gasteiger partial charge in [-0.3, -0.25) is 9.78 Å². The van der Waals surface area contributed by atoms with Crippen molar-refractivity contribution in [2.45, 2.75) is 18.9 Å². The molecular weight excluding hydrogens is 212 g/mol. The van der Waals surface area contributed by atoms with Gasteiger partial charge in [0, 0.05) is 18.9 Å². The van der Waals surface area contributed by atoms with Crippen molar-refractivity contribution in [3.63, 3.8) is 0 Å². The first kappa shape index (κ1) is 10.4. The van der Waals surface area contributed by atoms with Gasteiger partial charge in [-0.1, -0.05) is 0 Å². The van der Waals surface area contributed by atoms with Gasteiger partial charge in [-0.15, -0.1) is 11.6 Å². The Kier molecular flexibility index (Phi) is 3.21. The van der Waals surface area contributed by atoms with Gasteiger partial charge in [0.1, 0.15) is 5.88 Å². The molecule has 0 aliphatic carbocycles. The van der Waals surface area contributed by atoms with Crippen LogP contribution in [0.4, 0.5) is 0 Å². The van der Waals surface area contributed by atoms with Gasteiger partial charge in [-0.25, -0.2) is 0 Å². The van der Waals surface area contributed by atoms with Crippen LogP contribution in [0.1, 0.15) is 24.4 Å². The molecule has 3 nitrogen and oxygen atoms in total. The highest BCUT2D eigenvalue weighted by Gasteiger charge is 2.28. The molecular formula is C11H13ClN2O. The number of rotatable bonds is 2. The lowest BCUT2D eigenvalue weighted by Gasteiger charge is -2.24. The summed E-state index contributed by atoms with van der Waals surface area (Å²) in [5, 5.41) is 0. The monoisotopic (exact) mass is 224 g/mol. The topological polar surface area (TPSA) is 33.2 Å². The van der Waals surface area contributed by atoms with Crippen LogP contribution in [-0.4, -0.2) is 28.2 Å². The molecule has 0 saturated carbocycles. The van der Waals surface area contributed by atoms with E-state index in [4.69, 9.17) is 11.6 Å². The molecule has 0 aromatic carbocycles. The minimum absolute atomic E-state index is 0.0241. The Morgan fingerprint density at radius 2 is 2.27 bits per heavy atom. The van der Waals surface area contributed by atoms with Gasteiger partial charge in [0.15, 0.2) is 0 Å². The first-order valence-corrected chi connectivity index (χ1v) is 5.61. The highest BCUT2D eigenvalue weighted by atomic mass is 35.5. The van der Waals surface area contributed by atoms with E-state index in [1.807, 2.05) is 17.0 Å². The van der Waals surface area contributed by atoms with Crippen molar-refractivity contribution in [2.75, 3.05) is 12.4 Å². The number of carbonyl (C=O) groups excluding carboxylic acids is 1. The van der Waals surface area contributed by atoms with Crippen LogP contribution >= 0.6 is 11.6 Å². The molecule has 1 amide bonds. The van der Waals surface area contributed by atoms with Crippen molar-refractivity contribution in [1.82, 2.24) is 9.88 Å². The van der Waals surface area contributed by atoms with Crippen molar-refractivity contribution < 1.29 is 4.79 Å². The van der Waals surface area contributed by atoms with Crippen molar-refractivity contribution in [3.8, 4) is 0 Å². The van der Waals surface area contributed by atoms with Crippen LogP contribution in [0.3, 0.4) is 0 Å². The third-order valence-electron chi connectivity index (χ3n) is 2.78.